The minimum Gasteiger partial charge on any atom is -0.481 e. The number of nitrogens with zero attached hydrogens (tertiary/aromatic N) is 2. The number of aryl methyl sites for hydroxylation is 1. The molecule has 0 bridgehead atoms. The van der Waals surface area contributed by atoms with Crippen LogP contribution < -0.4 is 0 Å². The van der Waals surface area contributed by atoms with Gasteiger partial charge < -0.3 is 5.11 Å². The summed E-state index contributed by atoms with van der Waals surface area (Å²) in [5.74, 6) is -1.56. The highest BCUT2D eigenvalue weighted by Gasteiger charge is 2.17. The van der Waals surface area contributed by atoms with Gasteiger partial charge in [0.2, 0.25) is 0 Å². The Morgan fingerprint density at radius 3 is 2.90 bits per heavy atom. The zero-order chi connectivity index (χ0) is 15.4. The molecule has 1 aromatic carbocycles. The molecule has 0 saturated carbocycles. The summed E-state index contributed by atoms with van der Waals surface area (Å²) in [5, 5.41) is 14.0. The molecule has 1 N–H and O–H groups in total. The van der Waals surface area contributed by atoms with Crippen molar-refractivity contribution in [1.82, 2.24) is 9.78 Å². The van der Waals surface area contributed by atoms with Crippen LogP contribution in [-0.2, 0) is 11.2 Å². The smallest absolute Gasteiger partial charge is 0.313 e. The standard InChI is InChI=1S/C14H14ClFN2O2S/c1-2-4-9-7-12(21-8-13(19)20)18(17-9)14-10(15)5-3-6-11(14)16/h3,5-7H,2,4,8H2,1H3,(H,19,20). The van der Waals surface area contributed by atoms with Crippen LogP contribution in [-0.4, -0.2) is 26.6 Å². The maximum atomic E-state index is 14.0. The van der Waals surface area contributed by atoms with Crippen molar-refractivity contribution in [3.63, 3.8) is 0 Å². The summed E-state index contributed by atoms with van der Waals surface area (Å²) in [6.45, 7) is 2.01. The van der Waals surface area contributed by atoms with Crippen molar-refractivity contribution in [2.45, 2.75) is 24.8 Å². The van der Waals surface area contributed by atoms with E-state index < -0.39 is 11.8 Å². The van der Waals surface area contributed by atoms with Crippen LogP contribution >= 0.6 is 23.4 Å². The van der Waals surface area contributed by atoms with E-state index in [9.17, 15) is 9.18 Å². The normalized spacial score (nSPS) is 10.8. The molecule has 0 aliphatic heterocycles. The first-order valence-electron chi connectivity index (χ1n) is 6.40. The Labute approximate surface area is 130 Å². The number of rotatable bonds is 6. The minimum atomic E-state index is -0.940. The number of carboxylic acid groups (broad SMARTS) is 1. The van der Waals surface area contributed by atoms with E-state index in [1.165, 1.54) is 16.8 Å². The number of para-hydroxylation sites is 1. The molecule has 0 aliphatic carbocycles. The zero-order valence-corrected chi connectivity index (χ0v) is 12.9. The average molecular weight is 329 g/mol. The van der Waals surface area contributed by atoms with Crippen LogP contribution in [0.25, 0.3) is 5.69 Å². The molecule has 0 saturated heterocycles. The number of carbonyl (C=O) groups is 1. The van der Waals surface area contributed by atoms with Gasteiger partial charge >= 0.3 is 5.97 Å². The number of thioether (sulfide) groups is 1. The van der Waals surface area contributed by atoms with Crippen LogP contribution in [0.15, 0.2) is 29.3 Å². The third-order valence-corrected chi connectivity index (χ3v) is 4.01. The molecule has 1 aromatic heterocycles. The monoisotopic (exact) mass is 328 g/mol. The largest absolute Gasteiger partial charge is 0.481 e. The second-order valence-corrected chi connectivity index (χ2v) is 5.79. The molecule has 0 spiro atoms. The summed E-state index contributed by atoms with van der Waals surface area (Å²) in [4.78, 5) is 10.7. The van der Waals surface area contributed by atoms with Crippen LogP contribution in [0, 0.1) is 5.82 Å². The fourth-order valence-corrected chi connectivity index (χ4v) is 2.87. The molecule has 0 fully saturated rings. The molecule has 0 aliphatic rings. The van der Waals surface area contributed by atoms with E-state index in [0.717, 1.165) is 30.3 Å². The van der Waals surface area contributed by atoms with Gasteiger partial charge in [-0.3, -0.25) is 4.79 Å². The molecule has 4 nitrogen and oxygen atoms in total. The molecule has 2 aromatic rings. The van der Waals surface area contributed by atoms with Crippen LogP contribution in [0.4, 0.5) is 4.39 Å². The van der Waals surface area contributed by atoms with Gasteiger partial charge in [-0.05, 0) is 24.6 Å². The van der Waals surface area contributed by atoms with E-state index in [1.54, 1.807) is 12.1 Å². The molecular weight excluding hydrogens is 315 g/mol. The topological polar surface area (TPSA) is 55.1 Å². The fourth-order valence-electron chi connectivity index (χ4n) is 1.88. The van der Waals surface area contributed by atoms with Crippen molar-refractivity contribution in [2.24, 2.45) is 0 Å². The Morgan fingerprint density at radius 1 is 1.52 bits per heavy atom. The van der Waals surface area contributed by atoms with Gasteiger partial charge in [-0.15, -0.1) is 0 Å². The van der Waals surface area contributed by atoms with Gasteiger partial charge in [-0.1, -0.05) is 42.8 Å². The lowest BCUT2D eigenvalue weighted by molar-refractivity contribution is -0.133. The predicted octanol–water partition coefficient (Wildman–Crippen LogP) is 3.79. The van der Waals surface area contributed by atoms with Crippen molar-refractivity contribution >= 4 is 29.3 Å². The van der Waals surface area contributed by atoms with Crippen molar-refractivity contribution in [3.8, 4) is 5.69 Å². The first-order valence-corrected chi connectivity index (χ1v) is 7.77. The van der Waals surface area contributed by atoms with E-state index in [0.29, 0.717) is 5.03 Å². The summed E-state index contributed by atoms with van der Waals surface area (Å²) < 4.78 is 15.4. The van der Waals surface area contributed by atoms with E-state index in [-0.39, 0.29) is 16.5 Å². The zero-order valence-electron chi connectivity index (χ0n) is 11.3. The van der Waals surface area contributed by atoms with Gasteiger partial charge in [0, 0.05) is 0 Å². The Morgan fingerprint density at radius 2 is 2.29 bits per heavy atom. The van der Waals surface area contributed by atoms with Gasteiger partial charge in [0.1, 0.15) is 16.5 Å². The van der Waals surface area contributed by atoms with Crippen molar-refractivity contribution in [1.29, 1.82) is 0 Å². The van der Waals surface area contributed by atoms with Crippen molar-refractivity contribution in [2.75, 3.05) is 5.75 Å². The SMILES string of the molecule is CCCc1cc(SCC(=O)O)n(-c2c(F)cccc2Cl)n1. The lowest BCUT2D eigenvalue weighted by atomic mass is 10.3. The van der Waals surface area contributed by atoms with Gasteiger partial charge in [0.15, 0.2) is 0 Å². The fraction of sp³-hybridized carbons (Fsp3) is 0.286. The van der Waals surface area contributed by atoms with Crippen LogP contribution in [0.5, 0.6) is 0 Å². The highest BCUT2D eigenvalue weighted by Crippen LogP contribution is 2.29. The molecule has 2 rings (SSSR count). The summed E-state index contributed by atoms with van der Waals surface area (Å²) in [5.41, 5.74) is 0.930. The van der Waals surface area contributed by atoms with Crippen molar-refractivity contribution < 1.29 is 14.3 Å². The first kappa shape index (κ1) is 15.9. The third kappa shape index (κ3) is 3.77. The van der Waals surface area contributed by atoms with E-state index in [1.807, 2.05) is 6.92 Å². The second kappa shape index (κ2) is 6.95. The molecule has 0 amide bonds. The van der Waals surface area contributed by atoms with E-state index in [2.05, 4.69) is 5.10 Å². The highest BCUT2D eigenvalue weighted by molar-refractivity contribution is 7.99. The second-order valence-electron chi connectivity index (χ2n) is 4.39. The average Bonchev–Trinajstić information content (AvgIpc) is 2.79. The van der Waals surface area contributed by atoms with Gasteiger partial charge in [0.25, 0.3) is 0 Å². The summed E-state index contributed by atoms with van der Waals surface area (Å²) >= 11 is 7.15. The van der Waals surface area contributed by atoms with Crippen LogP contribution in [0.3, 0.4) is 0 Å². The van der Waals surface area contributed by atoms with Crippen molar-refractivity contribution in [3.05, 3.63) is 40.8 Å². The molecule has 112 valence electrons. The van der Waals surface area contributed by atoms with Crippen LogP contribution in [0.1, 0.15) is 19.0 Å². The first-order chi connectivity index (χ1) is 10.0. The number of benzene rings is 1. The Hall–Kier alpha value is -1.53. The minimum absolute atomic E-state index is 0.122. The van der Waals surface area contributed by atoms with Crippen LogP contribution in [0.2, 0.25) is 5.02 Å². The number of halogens is 2. The number of hydrogen-bond acceptors (Lipinski definition) is 3. The summed E-state index contributed by atoms with van der Waals surface area (Å²) in [6.07, 6.45) is 1.63. The molecule has 0 unspecified atom stereocenters. The molecular formula is C14H14ClFN2O2S. The summed E-state index contributed by atoms with van der Waals surface area (Å²) in [7, 11) is 0. The maximum Gasteiger partial charge on any atom is 0.313 e. The summed E-state index contributed by atoms with van der Waals surface area (Å²) in [6, 6.07) is 6.17. The Kier molecular flexibility index (Phi) is 5.25. The number of aliphatic carboxylic acids is 1. The lowest BCUT2D eigenvalue weighted by Crippen LogP contribution is -2.05. The molecule has 21 heavy (non-hydrogen) atoms. The third-order valence-electron chi connectivity index (χ3n) is 2.73. The molecule has 1 heterocycles. The number of carboxylic acids is 1. The number of hydrogen-bond donors (Lipinski definition) is 1. The van der Waals surface area contributed by atoms with Gasteiger partial charge in [-0.2, -0.15) is 5.10 Å². The quantitative estimate of drug-likeness (QED) is 0.820. The Balaban J connectivity index is 2.47. The maximum absolute atomic E-state index is 14.0. The highest BCUT2D eigenvalue weighted by atomic mass is 35.5. The van der Waals surface area contributed by atoms with Gasteiger partial charge in [-0.25, -0.2) is 9.07 Å². The molecule has 7 heteroatoms. The molecule has 0 radical (unpaired) electrons. The van der Waals surface area contributed by atoms with E-state index in [4.69, 9.17) is 16.7 Å². The molecule has 0 atom stereocenters. The Bertz CT molecular complexity index is 640. The predicted molar refractivity (Wildman–Crippen MR) is 80.9 cm³/mol. The number of aromatic nitrogens is 2. The lowest BCUT2D eigenvalue weighted by Gasteiger charge is -2.09. The van der Waals surface area contributed by atoms with E-state index >= 15 is 0 Å². The van der Waals surface area contributed by atoms with Gasteiger partial charge in [0.05, 0.1) is 16.5 Å².